The minimum absolute atomic E-state index is 0.0264. The van der Waals surface area contributed by atoms with Crippen molar-refractivity contribution >= 4 is 32.5 Å². The highest BCUT2D eigenvalue weighted by Crippen LogP contribution is 2.27. The van der Waals surface area contributed by atoms with Gasteiger partial charge in [-0.3, -0.25) is 4.79 Å². The Balaban J connectivity index is 1.34. The largest absolute Gasteiger partial charge is 0.491 e. The number of anilines is 1. The number of hydrogen-bond donors (Lipinski definition) is 3. The van der Waals surface area contributed by atoms with E-state index in [-0.39, 0.29) is 23.5 Å². The summed E-state index contributed by atoms with van der Waals surface area (Å²) in [6.45, 7) is 0.228. The minimum Gasteiger partial charge on any atom is -0.491 e. The van der Waals surface area contributed by atoms with Crippen LogP contribution in [0.1, 0.15) is 15.9 Å². The van der Waals surface area contributed by atoms with Crippen LogP contribution in [0.15, 0.2) is 114 Å². The molecule has 0 saturated heterocycles. The number of sulfonamides is 1. The third-order valence-electron chi connectivity index (χ3n) is 6.53. The predicted molar refractivity (Wildman–Crippen MR) is 156 cm³/mol. The molecule has 1 atom stereocenters. The van der Waals surface area contributed by atoms with Gasteiger partial charge in [-0.15, -0.1) is 0 Å². The number of nitrogen functional groups attached to an aromatic ring is 1. The topological polar surface area (TPSA) is 137 Å². The summed E-state index contributed by atoms with van der Waals surface area (Å²) in [5.41, 5.74) is 8.62. The van der Waals surface area contributed by atoms with Gasteiger partial charge in [-0.1, -0.05) is 66.7 Å². The van der Waals surface area contributed by atoms with Crippen molar-refractivity contribution < 1.29 is 17.9 Å². The van der Waals surface area contributed by atoms with Gasteiger partial charge in [-0.25, -0.2) is 18.5 Å². The molecule has 0 aliphatic carbocycles. The second kappa shape index (κ2) is 11.6. The summed E-state index contributed by atoms with van der Waals surface area (Å²) in [5.74, 6) is 0.771. The number of carbonyl (C=O) groups excluding carboxylic acids is 1. The summed E-state index contributed by atoms with van der Waals surface area (Å²) in [7, 11) is -3.90. The van der Waals surface area contributed by atoms with Gasteiger partial charge in [-0.2, -0.15) is 0 Å². The lowest BCUT2D eigenvalue weighted by Crippen LogP contribution is -2.40. The van der Waals surface area contributed by atoms with Gasteiger partial charge in [0.2, 0.25) is 10.0 Å². The standard InChI is InChI=1S/C31H28N4O4S/c32-30-28-19-26(15-14-23(28)16-17-34-30)39-20-25(18-21-6-2-1-3-7-21)35-31(36)24-12-10-22(11-13-24)27-8-4-5-9-29(27)40(33,37)38/h1-17,19,25H,18,20H2,(H2,32,34)(H,35,36)(H2,33,37,38). The third-order valence-corrected chi connectivity index (χ3v) is 7.50. The number of primary sulfonamides is 1. The molecular weight excluding hydrogens is 524 g/mol. The maximum atomic E-state index is 13.2. The number of nitrogens with zero attached hydrogens (tertiary/aromatic N) is 1. The summed E-state index contributed by atoms with van der Waals surface area (Å²) in [6.07, 6.45) is 2.22. The molecule has 1 amide bonds. The SMILES string of the molecule is Nc1nccc2ccc(OCC(Cc3ccccc3)NC(=O)c3ccc(-c4ccccc4S(N)(=O)=O)cc3)cc12. The zero-order valence-electron chi connectivity index (χ0n) is 21.5. The van der Waals surface area contributed by atoms with Gasteiger partial charge in [0, 0.05) is 22.7 Å². The van der Waals surface area contributed by atoms with Gasteiger partial charge in [0.25, 0.3) is 5.91 Å². The predicted octanol–water partition coefficient (Wildman–Crippen LogP) is 4.55. The van der Waals surface area contributed by atoms with Gasteiger partial charge < -0.3 is 15.8 Å². The van der Waals surface area contributed by atoms with Gasteiger partial charge in [0.05, 0.1) is 10.9 Å². The zero-order valence-corrected chi connectivity index (χ0v) is 22.3. The fourth-order valence-electron chi connectivity index (χ4n) is 4.53. The monoisotopic (exact) mass is 552 g/mol. The van der Waals surface area contributed by atoms with Crippen LogP contribution in [0.4, 0.5) is 5.82 Å². The van der Waals surface area contributed by atoms with Crippen LogP contribution in [-0.2, 0) is 16.4 Å². The van der Waals surface area contributed by atoms with Crippen molar-refractivity contribution in [2.45, 2.75) is 17.4 Å². The molecule has 1 unspecified atom stereocenters. The smallest absolute Gasteiger partial charge is 0.251 e. The fraction of sp³-hybridized carbons (Fsp3) is 0.0968. The van der Waals surface area contributed by atoms with Crippen molar-refractivity contribution in [2.75, 3.05) is 12.3 Å². The Labute approximate surface area is 232 Å². The zero-order chi connectivity index (χ0) is 28.1. The first-order chi connectivity index (χ1) is 19.3. The van der Waals surface area contributed by atoms with Crippen LogP contribution in [0.3, 0.4) is 0 Å². The van der Waals surface area contributed by atoms with E-state index in [4.69, 9.17) is 15.6 Å². The Morgan fingerprint density at radius 2 is 1.62 bits per heavy atom. The quantitative estimate of drug-likeness (QED) is 0.245. The molecule has 5 rings (SSSR count). The van der Waals surface area contributed by atoms with Crippen LogP contribution in [0.25, 0.3) is 21.9 Å². The number of nitrogens with two attached hydrogens (primary N) is 2. The number of benzene rings is 4. The molecule has 1 heterocycles. The van der Waals surface area contributed by atoms with E-state index in [1.807, 2.05) is 54.6 Å². The molecule has 202 valence electrons. The molecule has 0 aliphatic rings. The lowest BCUT2D eigenvalue weighted by atomic mass is 10.0. The highest BCUT2D eigenvalue weighted by Gasteiger charge is 2.18. The summed E-state index contributed by atoms with van der Waals surface area (Å²) in [4.78, 5) is 17.4. The van der Waals surface area contributed by atoms with Crippen LogP contribution in [-0.4, -0.2) is 32.0 Å². The average molecular weight is 553 g/mol. The summed E-state index contributed by atoms with van der Waals surface area (Å²) < 4.78 is 30.1. The van der Waals surface area contributed by atoms with E-state index in [2.05, 4.69) is 10.3 Å². The van der Waals surface area contributed by atoms with Gasteiger partial charge in [0.15, 0.2) is 0 Å². The third kappa shape index (κ3) is 6.28. The molecule has 0 saturated carbocycles. The van der Waals surface area contributed by atoms with Crippen LogP contribution in [0.2, 0.25) is 0 Å². The molecule has 0 radical (unpaired) electrons. The molecule has 5 N–H and O–H groups in total. The van der Waals surface area contributed by atoms with Crippen molar-refractivity contribution in [3.63, 3.8) is 0 Å². The Kier molecular flexibility index (Phi) is 7.77. The Morgan fingerprint density at radius 3 is 2.38 bits per heavy atom. The summed E-state index contributed by atoms with van der Waals surface area (Å²) in [6, 6.07) is 30.2. The van der Waals surface area contributed by atoms with Gasteiger partial charge >= 0.3 is 0 Å². The highest BCUT2D eigenvalue weighted by molar-refractivity contribution is 7.89. The molecule has 4 aromatic carbocycles. The van der Waals surface area contributed by atoms with Crippen molar-refractivity contribution in [1.29, 1.82) is 0 Å². The Hall–Kier alpha value is -4.73. The Bertz CT molecular complexity index is 1760. The molecule has 5 aromatic rings. The molecule has 8 nitrogen and oxygen atoms in total. The van der Waals surface area contributed by atoms with E-state index in [0.717, 1.165) is 16.3 Å². The summed E-state index contributed by atoms with van der Waals surface area (Å²) >= 11 is 0. The van der Waals surface area contributed by atoms with Gasteiger partial charge in [0.1, 0.15) is 18.2 Å². The number of ether oxygens (including phenoxy) is 1. The molecule has 0 fully saturated rings. The Morgan fingerprint density at radius 1 is 0.900 bits per heavy atom. The van der Waals surface area contributed by atoms with Crippen LogP contribution in [0, 0.1) is 0 Å². The first-order valence-corrected chi connectivity index (χ1v) is 14.2. The maximum Gasteiger partial charge on any atom is 0.251 e. The molecular formula is C31H28N4O4S. The van der Waals surface area contributed by atoms with E-state index in [1.54, 1.807) is 48.7 Å². The maximum absolute atomic E-state index is 13.2. The summed E-state index contributed by atoms with van der Waals surface area (Å²) in [5, 5.41) is 10.2. The fourth-order valence-corrected chi connectivity index (χ4v) is 5.29. The first kappa shape index (κ1) is 26.9. The van der Waals surface area contributed by atoms with E-state index in [0.29, 0.717) is 34.7 Å². The molecule has 0 spiro atoms. The minimum atomic E-state index is -3.90. The number of rotatable bonds is 9. The number of aromatic nitrogens is 1. The number of nitrogens with one attached hydrogen (secondary N) is 1. The van der Waals surface area contributed by atoms with Crippen LogP contribution < -0.4 is 20.9 Å². The van der Waals surface area contributed by atoms with Crippen molar-refractivity contribution in [2.24, 2.45) is 5.14 Å². The van der Waals surface area contributed by atoms with Crippen molar-refractivity contribution in [3.05, 3.63) is 120 Å². The number of fused-ring (bicyclic) bond motifs is 1. The molecule has 9 heteroatoms. The van der Waals surface area contributed by atoms with Gasteiger partial charge in [-0.05, 0) is 59.3 Å². The number of amides is 1. The molecule has 0 bridgehead atoms. The highest BCUT2D eigenvalue weighted by atomic mass is 32.2. The lowest BCUT2D eigenvalue weighted by molar-refractivity contribution is 0.0921. The molecule has 1 aromatic heterocycles. The van der Waals surface area contributed by atoms with E-state index >= 15 is 0 Å². The van der Waals surface area contributed by atoms with Crippen LogP contribution in [0.5, 0.6) is 5.75 Å². The normalized spacial score (nSPS) is 12.1. The average Bonchev–Trinajstić information content (AvgIpc) is 2.96. The number of hydrogen-bond acceptors (Lipinski definition) is 6. The molecule has 0 aliphatic heterocycles. The van der Waals surface area contributed by atoms with E-state index in [1.165, 1.54) is 6.07 Å². The van der Waals surface area contributed by atoms with E-state index in [9.17, 15) is 13.2 Å². The molecule has 40 heavy (non-hydrogen) atoms. The lowest BCUT2D eigenvalue weighted by Gasteiger charge is -2.20. The second-order valence-corrected chi connectivity index (χ2v) is 10.9. The van der Waals surface area contributed by atoms with Crippen molar-refractivity contribution in [1.82, 2.24) is 10.3 Å². The first-order valence-electron chi connectivity index (χ1n) is 12.6. The van der Waals surface area contributed by atoms with E-state index < -0.39 is 10.0 Å². The number of carbonyl (C=O) groups is 1. The number of pyridine rings is 1. The second-order valence-electron chi connectivity index (χ2n) is 9.37. The van der Waals surface area contributed by atoms with Crippen LogP contribution >= 0.6 is 0 Å². The van der Waals surface area contributed by atoms with Crippen molar-refractivity contribution in [3.8, 4) is 16.9 Å².